The van der Waals surface area contributed by atoms with Crippen LogP contribution in [0.3, 0.4) is 0 Å². The van der Waals surface area contributed by atoms with Gasteiger partial charge in [0.15, 0.2) is 0 Å². The predicted molar refractivity (Wildman–Crippen MR) is 58.8 cm³/mol. The number of aromatic hydroxyl groups is 1. The van der Waals surface area contributed by atoms with Crippen molar-refractivity contribution in [2.75, 3.05) is 6.61 Å². The van der Waals surface area contributed by atoms with Gasteiger partial charge in [0, 0.05) is 6.08 Å². The number of carbonyl (C=O) groups excluding carboxylic acids is 1. The van der Waals surface area contributed by atoms with E-state index in [0.717, 1.165) is 5.56 Å². The molecule has 0 saturated carbocycles. The monoisotopic (exact) mass is 226 g/mol. The zero-order chi connectivity index (χ0) is 11.3. The molecule has 0 atom stereocenters. The van der Waals surface area contributed by atoms with Gasteiger partial charge in [0.05, 0.1) is 11.6 Å². The first-order valence-corrected chi connectivity index (χ1v) is 4.84. The third-order valence-electron chi connectivity index (χ3n) is 1.67. The topological polar surface area (TPSA) is 46.5 Å². The van der Waals surface area contributed by atoms with Crippen LogP contribution in [-0.4, -0.2) is 17.7 Å². The van der Waals surface area contributed by atoms with Gasteiger partial charge in [-0.1, -0.05) is 17.7 Å². The average Bonchev–Trinajstić information content (AvgIpc) is 2.20. The van der Waals surface area contributed by atoms with Gasteiger partial charge in [0.1, 0.15) is 5.75 Å². The summed E-state index contributed by atoms with van der Waals surface area (Å²) >= 11 is 5.69. The summed E-state index contributed by atoms with van der Waals surface area (Å²) in [5.74, 6) is -0.383. The molecule has 4 heteroatoms. The number of ether oxygens (including phenoxy) is 1. The second kappa shape index (κ2) is 5.41. The summed E-state index contributed by atoms with van der Waals surface area (Å²) in [6.07, 6.45) is 2.88. The zero-order valence-corrected chi connectivity index (χ0v) is 8.99. The third-order valence-corrected chi connectivity index (χ3v) is 1.97. The first-order chi connectivity index (χ1) is 7.13. The molecule has 0 fully saturated rings. The van der Waals surface area contributed by atoms with Crippen LogP contribution in [0.25, 0.3) is 6.08 Å². The Hall–Kier alpha value is -1.48. The number of carbonyl (C=O) groups is 1. The number of phenolic OH excluding ortho intramolecular Hbond substituents is 1. The first kappa shape index (κ1) is 11.6. The summed E-state index contributed by atoms with van der Waals surface area (Å²) < 4.78 is 4.71. The van der Waals surface area contributed by atoms with Crippen LogP contribution >= 0.6 is 11.6 Å². The summed E-state index contributed by atoms with van der Waals surface area (Å²) in [7, 11) is 0. The Balaban J connectivity index is 2.72. The van der Waals surface area contributed by atoms with Crippen molar-refractivity contribution in [1.82, 2.24) is 0 Å². The maximum absolute atomic E-state index is 11.0. The molecule has 1 aromatic carbocycles. The molecule has 80 valence electrons. The van der Waals surface area contributed by atoms with E-state index in [1.807, 2.05) is 0 Å². The molecule has 0 aliphatic heterocycles. The standard InChI is InChI=1S/C11H11ClO3/c1-2-15-11(14)6-4-8-3-5-10(13)9(12)7-8/h3-7,13H,2H2,1H3. The number of hydrogen-bond acceptors (Lipinski definition) is 3. The van der Waals surface area contributed by atoms with Crippen LogP contribution in [0.15, 0.2) is 24.3 Å². The normalized spacial score (nSPS) is 10.5. The van der Waals surface area contributed by atoms with E-state index in [9.17, 15) is 4.79 Å². The minimum absolute atomic E-state index is 0.0185. The second-order valence-corrected chi connectivity index (χ2v) is 3.20. The Morgan fingerprint density at radius 3 is 2.93 bits per heavy atom. The van der Waals surface area contributed by atoms with Crippen molar-refractivity contribution in [2.45, 2.75) is 6.92 Å². The largest absolute Gasteiger partial charge is 0.506 e. The molecule has 0 aliphatic rings. The molecule has 0 aromatic heterocycles. The molecule has 0 spiro atoms. The van der Waals surface area contributed by atoms with E-state index in [1.54, 1.807) is 25.1 Å². The van der Waals surface area contributed by atoms with Crippen LogP contribution in [-0.2, 0) is 9.53 Å². The molecule has 0 heterocycles. The Morgan fingerprint density at radius 2 is 2.33 bits per heavy atom. The predicted octanol–water partition coefficient (Wildman–Crippen LogP) is 2.62. The molecule has 0 radical (unpaired) electrons. The molecular weight excluding hydrogens is 216 g/mol. The van der Waals surface area contributed by atoms with Gasteiger partial charge < -0.3 is 9.84 Å². The molecule has 15 heavy (non-hydrogen) atoms. The number of benzene rings is 1. The van der Waals surface area contributed by atoms with E-state index in [-0.39, 0.29) is 10.8 Å². The number of hydrogen-bond donors (Lipinski definition) is 1. The minimum atomic E-state index is -0.401. The van der Waals surface area contributed by atoms with Crippen molar-refractivity contribution in [1.29, 1.82) is 0 Å². The molecule has 1 N–H and O–H groups in total. The lowest BCUT2D eigenvalue weighted by Gasteiger charge is -1.98. The highest BCUT2D eigenvalue weighted by Crippen LogP contribution is 2.24. The fourth-order valence-corrected chi connectivity index (χ4v) is 1.17. The molecular formula is C11H11ClO3. The molecule has 0 saturated heterocycles. The van der Waals surface area contributed by atoms with Crippen molar-refractivity contribution in [3.05, 3.63) is 34.9 Å². The van der Waals surface area contributed by atoms with Gasteiger partial charge in [-0.05, 0) is 30.7 Å². The van der Waals surface area contributed by atoms with E-state index in [1.165, 1.54) is 12.1 Å². The van der Waals surface area contributed by atoms with E-state index < -0.39 is 5.97 Å². The van der Waals surface area contributed by atoms with Gasteiger partial charge in [-0.2, -0.15) is 0 Å². The number of rotatable bonds is 3. The summed E-state index contributed by atoms with van der Waals surface area (Å²) in [6.45, 7) is 2.09. The zero-order valence-electron chi connectivity index (χ0n) is 8.24. The maximum atomic E-state index is 11.0. The Morgan fingerprint density at radius 1 is 1.60 bits per heavy atom. The highest BCUT2D eigenvalue weighted by Gasteiger charge is 1.98. The van der Waals surface area contributed by atoms with Crippen LogP contribution in [0, 0.1) is 0 Å². The Labute approximate surface area is 92.9 Å². The van der Waals surface area contributed by atoms with Crippen molar-refractivity contribution in [3.63, 3.8) is 0 Å². The summed E-state index contributed by atoms with van der Waals surface area (Å²) in [6, 6.07) is 4.68. The van der Waals surface area contributed by atoms with Crippen molar-refractivity contribution in [3.8, 4) is 5.75 Å². The first-order valence-electron chi connectivity index (χ1n) is 4.47. The van der Waals surface area contributed by atoms with E-state index in [2.05, 4.69) is 0 Å². The molecule has 3 nitrogen and oxygen atoms in total. The molecule has 0 aliphatic carbocycles. The lowest BCUT2D eigenvalue weighted by atomic mass is 10.2. The Bertz CT molecular complexity index is 385. The van der Waals surface area contributed by atoms with Gasteiger partial charge in [0.2, 0.25) is 0 Å². The molecule has 0 bridgehead atoms. The van der Waals surface area contributed by atoms with Crippen LogP contribution in [0.5, 0.6) is 5.75 Å². The molecule has 0 amide bonds. The fourth-order valence-electron chi connectivity index (χ4n) is 0.981. The Kier molecular flexibility index (Phi) is 4.18. The van der Waals surface area contributed by atoms with Crippen molar-refractivity contribution < 1.29 is 14.6 Å². The van der Waals surface area contributed by atoms with Crippen LogP contribution in [0.2, 0.25) is 5.02 Å². The van der Waals surface area contributed by atoms with Crippen LogP contribution in [0.4, 0.5) is 0 Å². The van der Waals surface area contributed by atoms with Gasteiger partial charge >= 0.3 is 5.97 Å². The second-order valence-electron chi connectivity index (χ2n) is 2.80. The van der Waals surface area contributed by atoms with Gasteiger partial charge in [-0.15, -0.1) is 0 Å². The summed E-state index contributed by atoms with van der Waals surface area (Å²) in [5, 5.41) is 9.41. The fraction of sp³-hybridized carbons (Fsp3) is 0.182. The molecule has 0 unspecified atom stereocenters. The van der Waals surface area contributed by atoms with Crippen LogP contribution in [0.1, 0.15) is 12.5 Å². The summed E-state index contributed by atoms with van der Waals surface area (Å²) in [5.41, 5.74) is 0.728. The SMILES string of the molecule is CCOC(=O)C=Cc1ccc(O)c(Cl)c1. The number of phenols is 1. The lowest BCUT2D eigenvalue weighted by molar-refractivity contribution is -0.137. The van der Waals surface area contributed by atoms with E-state index in [0.29, 0.717) is 6.61 Å². The lowest BCUT2D eigenvalue weighted by Crippen LogP contribution is -1.98. The number of esters is 1. The highest BCUT2D eigenvalue weighted by molar-refractivity contribution is 6.32. The quantitative estimate of drug-likeness (QED) is 0.637. The van der Waals surface area contributed by atoms with Gasteiger partial charge in [-0.3, -0.25) is 0 Å². The molecule has 1 rings (SSSR count). The average molecular weight is 227 g/mol. The third kappa shape index (κ3) is 3.64. The van der Waals surface area contributed by atoms with Crippen molar-refractivity contribution in [2.24, 2.45) is 0 Å². The smallest absolute Gasteiger partial charge is 0.330 e. The van der Waals surface area contributed by atoms with E-state index >= 15 is 0 Å². The van der Waals surface area contributed by atoms with Crippen LogP contribution < -0.4 is 0 Å². The maximum Gasteiger partial charge on any atom is 0.330 e. The minimum Gasteiger partial charge on any atom is -0.506 e. The van der Waals surface area contributed by atoms with E-state index in [4.69, 9.17) is 21.4 Å². The van der Waals surface area contributed by atoms with Crippen molar-refractivity contribution >= 4 is 23.6 Å². The van der Waals surface area contributed by atoms with Gasteiger partial charge in [-0.25, -0.2) is 4.79 Å². The number of halogens is 1. The molecule has 1 aromatic rings. The highest BCUT2D eigenvalue weighted by atomic mass is 35.5. The van der Waals surface area contributed by atoms with Gasteiger partial charge in [0.25, 0.3) is 0 Å². The summed E-state index contributed by atoms with van der Waals surface area (Å²) in [4.78, 5) is 11.0.